The average molecular weight is 153 g/mol. The Hall–Kier alpha value is -0.0800. The van der Waals surface area contributed by atoms with Gasteiger partial charge in [-0.1, -0.05) is 0 Å². The number of rotatable bonds is 0. The topological polar surface area (TPSA) is 17.3 Å². The van der Waals surface area contributed by atoms with E-state index in [9.17, 15) is 0 Å². The minimum Gasteiger partial charge on any atom is -0.305 e. The van der Waals surface area contributed by atoms with Crippen molar-refractivity contribution in [2.45, 2.75) is 25.3 Å². The molecule has 63 valence electrons. The van der Waals surface area contributed by atoms with Crippen molar-refractivity contribution in [3.63, 3.8) is 0 Å². The van der Waals surface area contributed by atoms with Gasteiger partial charge in [0.05, 0.1) is 0 Å². The van der Waals surface area contributed by atoms with Crippen LogP contribution in [0.3, 0.4) is 0 Å². The van der Waals surface area contributed by atoms with Crippen molar-refractivity contribution in [2.75, 3.05) is 26.7 Å². The molecular weight excluding hydrogens is 136 g/mol. The van der Waals surface area contributed by atoms with E-state index in [1.54, 1.807) is 0 Å². The molecule has 0 aliphatic carbocycles. The highest BCUT2D eigenvalue weighted by Crippen LogP contribution is 2.25. The van der Waals surface area contributed by atoms with Gasteiger partial charge in [0.25, 0.3) is 0 Å². The van der Waals surface area contributed by atoms with Crippen LogP contribution in [-0.4, -0.2) is 37.6 Å². The standard InChI is InChI=1S/C9H17N2/c1-11-6-4-8-3-2-5-10-9(8)7-11/h8-9H,2-7H2,1H3. The Morgan fingerprint density at radius 1 is 1.36 bits per heavy atom. The molecule has 2 atom stereocenters. The Kier molecular flexibility index (Phi) is 2.14. The first kappa shape index (κ1) is 7.56. The first-order valence-corrected chi connectivity index (χ1v) is 4.71. The molecule has 0 amide bonds. The SMILES string of the molecule is CN1CCC2CCC[N]C2C1. The quantitative estimate of drug-likeness (QED) is 0.501. The first-order chi connectivity index (χ1) is 5.36. The zero-order valence-corrected chi connectivity index (χ0v) is 7.29. The van der Waals surface area contributed by atoms with Crippen molar-refractivity contribution in [2.24, 2.45) is 5.92 Å². The zero-order valence-electron chi connectivity index (χ0n) is 7.29. The molecule has 2 saturated heterocycles. The predicted octanol–water partition coefficient (Wildman–Crippen LogP) is 0.705. The van der Waals surface area contributed by atoms with Crippen molar-refractivity contribution in [3.05, 3.63) is 0 Å². The van der Waals surface area contributed by atoms with E-state index in [1.165, 1.54) is 32.4 Å². The summed E-state index contributed by atoms with van der Waals surface area (Å²) >= 11 is 0. The fraction of sp³-hybridized carbons (Fsp3) is 1.00. The van der Waals surface area contributed by atoms with Crippen LogP contribution in [0.1, 0.15) is 19.3 Å². The molecule has 2 heterocycles. The van der Waals surface area contributed by atoms with Gasteiger partial charge in [-0.3, -0.25) is 0 Å². The molecule has 0 aromatic heterocycles. The van der Waals surface area contributed by atoms with Gasteiger partial charge in [-0.05, 0) is 38.8 Å². The number of fused-ring (bicyclic) bond motifs is 1. The van der Waals surface area contributed by atoms with Crippen molar-refractivity contribution >= 4 is 0 Å². The van der Waals surface area contributed by atoms with Crippen LogP contribution in [0.2, 0.25) is 0 Å². The number of hydrogen-bond donors (Lipinski definition) is 0. The first-order valence-electron chi connectivity index (χ1n) is 4.71. The Morgan fingerprint density at radius 2 is 2.27 bits per heavy atom. The highest BCUT2D eigenvalue weighted by molar-refractivity contribution is 4.86. The average Bonchev–Trinajstić information content (AvgIpc) is 2.04. The maximum Gasteiger partial charge on any atom is 0.0401 e. The third-order valence-electron chi connectivity index (χ3n) is 3.02. The van der Waals surface area contributed by atoms with Crippen LogP contribution in [0, 0.1) is 5.92 Å². The molecular formula is C9H17N2. The predicted molar refractivity (Wildman–Crippen MR) is 45.6 cm³/mol. The highest BCUT2D eigenvalue weighted by atomic mass is 15.1. The fourth-order valence-corrected chi connectivity index (χ4v) is 2.29. The molecule has 0 spiro atoms. The van der Waals surface area contributed by atoms with E-state index in [0.29, 0.717) is 6.04 Å². The maximum atomic E-state index is 4.66. The summed E-state index contributed by atoms with van der Waals surface area (Å²) < 4.78 is 0. The molecule has 2 nitrogen and oxygen atoms in total. The van der Waals surface area contributed by atoms with Crippen molar-refractivity contribution in [1.82, 2.24) is 10.2 Å². The second kappa shape index (κ2) is 3.11. The monoisotopic (exact) mass is 153 g/mol. The lowest BCUT2D eigenvalue weighted by atomic mass is 9.85. The molecule has 2 heteroatoms. The summed E-state index contributed by atoms with van der Waals surface area (Å²) in [6, 6.07) is 0.683. The Balaban J connectivity index is 1.93. The largest absolute Gasteiger partial charge is 0.305 e. The molecule has 2 aliphatic heterocycles. The van der Waals surface area contributed by atoms with Crippen molar-refractivity contribution in [1.29, 1.82) is 0 Å². The van der Waals surface area contributed by atoms with Gasteiger partial charge >= 0.3 is 0 Å². The van der Waals surface area contributed by atoms with E-state index in [4.69, 9.17) is 0 Å². The lowest BCUT2D eigenvalue weighted by Gasteiger charge is -2.39. The second-order valence-corrected chi connectivity index (χ2v) is 3.93. The van der Waals surface area contributed by atoms with Gasteiger partial charge in [0.15, 0.2) is 0 Å². The van der Waals surface area contributed by atoms with Gasteiger partial charge in [0, 0.05) is 19.1 Å². The van der Waals surface area contributed by atoms with Gasteiger partial charge in [-0.15, -0.1) is 0 Å². The molecule has 0 saturated carbocycles. The Labute approximate surface area is 69.0 Å². The van der Waals surface area contributed by atoms with Crippen LogP contribution < -0.4 is 5.32 Å². The zero-order chi connectivity index (χ0) is 7.68. The van der Waals surface area contributed by atoms with E-state index in [2.05, 4.69) is 17.3 Å². The molecule has 2 unspecified atom stereocenters. The molecule has 11 heavy (non-hydrogen) atoms. The van der Waals surface area contributed by atoms with Crippen LogP contribution in [0.5, 0.6) is 0 Å². The Morgan fingerprint density at radius 3 is 3.18 bits per heavy atom. The van der Waals surface area contributed by atoms with Gasteiger partial charge in [-0.25, -0.2) is 5.32 Å². The third kappa shape index (κ3) is 1.57. The van der Waals surface area contributed by atoms with Gasteiger partial charge in [0.1, 0.15) is 0 Å². The summed E-state index contributed by atoms with van der Waals surface area (Å²) in [6.07, 6.45) is 4.15. The molecule has 0 N–H and O–H groups in total. The lowest BCUT2D eigenvalue weighted by molar-refractivity contribution is 0.135. The summed E-state index contributed by atoms with van der Waals surface area (Å²) in [5, 5.41) is 4.66. The summed E-state index contributed by atoms with van der Waals surface area (Å²) in [4.78, 5) is 2.41. The van der Waals surface area contributed by atoms with E-state index < -0.39 is 0 Å². The number of hydrogen-bond acceptors (Lipinski definition) is 1. The van der Waals surface area contributed by atoms with Crippen LogP contribution in [0.15, 0.2) is 0 Å². The minimum absolute atomic E-state index is 0.683. The van der Waals surface area contributed by atoms with Crippen LogP contribution >= 0.6 is 0 Å². The number of nitrogens with zero attached hydrogens (tertiary/aromatic N) is 2. The van der Waals surface area contributed by atoms with Crippen LogP contribution in [0.4, 0.5) is 0 Å². The lowest BCUT2D eigenvalue weighted by Crippen LogP contribution is -2.49. The normalized spacial score (nSPS) is 40.1. The van der Waals surface area contributed by atoms with Crippen molar-refractivity contribution < 1.29 is 0 Å². The summed E-state index contributed by atoms with van der Waals surface area (Å²) in [7, 11) is 2.21. The molecule has 0 bridgehead atoms. The highest BCUT2D eigenvalue weighted by Gasteiger charge is 2.29. The molecule has 1 radical (unpaired) electrons. The Bertz CT molecular complexity index is 136. The van der Waals surface area contributed by atoms with E-state index in [0.717, 1.165) is 12.5 Å². The van der Waals surface area contributed by atoms with E-state index >= 15 is 0 Å². The smallest absolute Gasteiger partial charge is 0.0401 e. The van der Waals surface area contributed by atoms with Gasteiger partial charge in [0.2, 0.25) is 0 Å². The summed E-state index contributed by atoms with van der Waals surface area (Å²) in [5.41, 5.74) is 0. The number of likely N-dealkylation sites (N-methyl/N-ethyl adjacent to an activating group) is 1. The molecule has 0 aromatic carbocycles. The van der Waals surface area contributed by atoms with Crippen molar-refractivity contribution in [3.8, 4) is 0 Å². The molecule has 2 aliphatic rings. The van der Waals surface area contributed by atoms with E-state index in [1.807, 2.05) is 0 Å². The van der Waals surface area contributed by atoms with Gasteiger partial charge < -0.3 is 4.90 Å². The fourth-order valence-electron chi connectivity index (χ4n) is 2.29. The van der Waals surface area contributed by atoms with E-state index in [-0.39, 0.29) is 0 Å². The number of piperidine rings is 2. The molecule has 2 fully saturated rings. The van der Waals surface area contributed by atoms with Gasteiger partial charge in [-0.2, -0.15) is 0 Å². The third-order valence-corrected chi connectivity index (χ3v) is 3.02. The summed E-state index contributed by atoms with van der Waals surface area (Å²) in [5.74, 6) is 0.931. The summed E-state index contributed by atoms with van der Waals surface area (Å²) in [6.45, 7) is 3.62. The maximum absolute atomic E-state index is 4.66. The molecule has 0 aromatic rings. The second-order valence-electron chi connectivity index (χ2n) is 3.93. The minimum atomic E-state index is 0.683. The van der Waals surface area contributed by atoms with Crippen LogP contribution in [-0.2, 0) is 0 Å². The number of likely N-dealkylation sites (tertiary alicyclic amines) is 1. The van der Waals surface area contributed by atoms with Crippen LogP contribution in [0.25, 0.3) is 0 Å². The molecule has 2 rings (SSSR count).